The fraction of sp³-hybridized carbons (Fsp3) is 0.500. The van der Waals surface area contributed by atoms with Gasteiger partial charge >= 0.3 is 0 Å². The molecular weight excluding hydrogens is 596 g/mol. The Balaban J connectivity index is 1.14. The molecule has 13 heteroatoms. The van der Waals surface area contributed by atoms with Crippen molar-refractivity contribution < 1.29 is 14.2 Å². The molecule has 9 rings (SSSR count). The molecule has 244 valence electrons. The van der Waals surface area contributed by atoms with Gasteiger partial charge in [0.15, 0.2) is 11.6 Å². The van der Waals surface area contributed by atoms with Gasteiger partial charge < -0.3 is 33.5 Å². The molecule has 0 saturated carbocycles. The number of hydrogen-bond acceptors (Lipinski definition) is 11. The molecule has 0 radical (unpaired) electrons. The summed E-state index contributed by atoms with van der Waals surface area (Å²) in [6, 6.07) is 6.34. The molecule has 0 aromatic carbocycles. The lowest BCUT2D eigenvalue weighted by Crippen LogP contribution is -2.37. The minimum absolute atomic E-state index is 0.235. The molecule has 13 nitrogen and oxygen atoms in total. The van der Waals surface area contributed by atoms with Crippen LogP contribution in [0.5, 0.6) is 5.75 Å². The summed E-state index contributed by atoms with van der Waals surface area (Å²) in [5.41, 5.74) is 5.40. The number of fused-ring (bicyclic) bond motifs is 5. The van der Waals surface area contributed by atoms with E-state index in [4.69, 9.17) is 34.3 Å². The van der Waals surface area contributed by atoms with Crippen LogP contribution in [-0.4, -0.2) is 118 Å². The highest BCUT2D eigenvalue weighted by atomic mass is 16.5. The molecule has 2 bridgehead atoms. The summed E-state index contributed by atoms with van der Waals surface area (Å²) in [5.74, 6) is 4.68. The summed E-state index contributed by atoms with van der Waals surface area (Å²) in [5, 5.41) is 5.85. The smallest absolute Gasteiger partial charge is 0.206 e. The number of hydrogen-bond donors (Lipinski definition) is 0. The van der Waals surface area contributed by atoms with E-state index in [1.165, 1.54) is 0 Å². The number of pyridine rings is 3. The SMILES string of the molecule is COCCN1C[C@@H]2CN(c3nc4c(N5C[C@H]6C[C@@H]5CO6)nc(-n5ncc6c(C)nc(-c7cnccc7OC)cc65)cc4n3C)C[C@@H]2C1. The first-order valence-electron chi connectivity index (χ1n) is 16.5. The van der Waals surface area contributed by atoms with Gasteiger partial charge in [-0.15, -0.1) is 0 Å². The second-order valence-corrected chi connectivity index (χ2v) is 13.5. The van der Waals surface area contributed by atoms with E-state index in [0.717, 1.165) is 121 Å². The maximum absolute atomic E-state index is 5.99. The molecule has 0 aliphatic carbocycles. The molecule has 0 spiro atoms. The van der Waals surface area contributed by atoms with Gasteiger partial charge in [-0.2, -0.15) is 5.10 Å². The van der Waals surface area contributed by atoms with Crippen molar-refractivity contribution in [2.75, 3.05) is 76.5 Å². The maximum atomic E-state index is 5.99. The van der Waals surface area contributed by atoms with Gasteiger partial charge in [-0.05, 0) is 37.3 Å². The van der Waals surface area contributed by atoms with Gasteiger partial charge in [0.25, 0.3) is 0 Å². The summed E-state index contributed by atoms with van der Waals surface area (Å²) >= 11 is 0. The molecule has 5 aromatic rings. The average Bonchev–Trinajstić information content (AvgIpc) is 3.94. The Morgan fingerprint density at radius 3 is 2.57 bits per heavy atom. The summed E-state index contributed by atoms with van der Waals surface area (Å²) in [6.45, 7) is 9.62. The van der Waals surface area contributed by atoms with E-state index in [1.807, 2.05) is 23.9 Å². The molecular formula is C34H40N10O3. The number of imidazole rings is 1. The van der Waals surface area contributed by atoms with Crippen molar-refractivity contribution in [3.05, 3.63) is 42.5 Å². The van der Waals surface area contributed by atoms with Crippen LogP contribution in [-0.2, 0) is 16.5 Å². The standard InChI is InChI=1S/C34H40N10O3/c1-20-25-13-36-44(28(25)10-27(37-20)26-12-35-6-5-30(26)46-4)31-11-29-32(33(38-31)43-18-24-9-23(43)19-47-24)39-34(40(29)2)42-16-21-14-41(7-8-45-3)15-22(21)17-42/h5-6,10-13,21-24H,7-9,14-19H2,1-4H3/t21-,22+,23-,24-/m1/s1. The molecule has 4 fully saturated rings. The zero-order valence-corrected chi connectivity index (χ0v) is 27.3. The minimum atomic E-state index is 0.235. The van der Waals surface area contributed by atoms with Gasteiger partial charge in [0.2, 0.25) is 5.95 Å². The first kappa shape index (κ1) is 28.9. The van der Waals surface area contributed by atoms with E-state index in [0.29, 0.717) is 17.9 Å². The monoisotopic (exact) mass is 636 g/mol. The van der Waals surface area contributed by atoms with E-state index in [2.05, 4.69) is 43.4 Å². The fourth-order valence-corrected chi connectivity index (χ4v) is 8.30. The van der Waals surface area contributed by atoms with Crippen LogP contribution < -0.4 is 14.5 Å². The van der Waals surface area contributed by atoms with Crippen molar-refractivity contribution in [3.63, 3.8) is 0 Å². The number of ether oxygens (including phenoxy) is 3. The summed E-state index contributed by atoms with van der Waals surface area (Å²) in [7, 11) is 5.58. The average molecular weight is 637 g/mol. The highest BCUT2D eigenvalue weighted by Gasteiger charge is 2.43. The lowest BCUT2D eigenvalue weighted by molar-refractivity contribution is 0.0989. The quantitative estimate of drug-likeness (QED) is 0.251. The van der Waals surface area contributed by atoms with E-state index < -0.39 is 0 Å². The number of rotatable bonds is 8. The van der Waals surface area contributed by atoms with Gasteiger partial charge in [-0.25, -0.2) is 14.6 Å². The van der Waals surface area contributed by atoms with Crippen molar-refractivity contribution in [2.45, 2.75) is 25.5 Å². The number of aryl methyl sites for hydroxylation is 2. The molecule has 4 aliphatic rings. The Bertz CT molecular complexity index is 1980. The van der Waals surface area contributed by atoms with Crippen molar-refractivity contribution >= 4 is 33.7 Å². The third kappa shape index (κ3) is 4.66. The van der Waals surface area contributed by atoms with Gasteiger partial charge in [0.05, 0.1) is 61.0 Å². The summed E-state index contributed by atoms with van der Waals surface area (Å²) < 4.78 is 21.2. The number of aromatic nitrogens is 7. The van der Waals surface area contributed by atoms with Gasteiger partial charge in [-0.3, -0.25) is 9.97 Å². The Hall–Kier alpha value is -4.33. The predicted molar refractivity (Wildman–Crippen MR) is 178 cm³/mol. The second-order valence-electron chi connectivity index (χ2n) is 13.5. The Morgan fingerprint density at radius 1 is 0.979 bits per heavy atom. The van der Waals surface area contributed by atoms with Crippen molar-refractivity contribution in [2.24, 2.45) is 18.9 Å². The largest absolute Gasteiger partial charge is 0.496 e. The van der Waals surface area contributed by atoms with Crippen LogP contribution in [0.1, 0.15) is 12.1 Å². The number of likely N-dealkylation sites (tertiary alicyclic amines) is 1. The highest BCUT2D eigenvalue weighted by molar-refractivity contribution is 5.92. The molecule has 4 aliphatic heterocycles. The molecule has 4 saturated heterocycles. The minimum Gasteiger partial charge on any atom is -0.496 e. The molecule has 9 heterocycles. The second kappa shape index (κ2) is 11.1. The van der Waals surface area contributed by atoms with E-state index in [9.17, 15) is 0 Å². The number of methoxy groups -OCH3 is 2. The van der Waals surface area contributed by atoms with E-state index in [-0.39, 0.29) is 6.10 Å². The summed E-state index contributed by atoms with van der Waals surface area (Å²) in [6.07, 6.45) is 6.66. The number of morpholine rings is 1. The number of anilines is 2. The van der Waals surface area contributed by atoms with Crippen LogP contribution in [0.3, 0.4) is 0 Å². The molecule has 5 aromatic heterocycles. The van der Waals surface area contributed by atoms with Crippen molar-refractivity contribution in [3.8, 4) is 22.8 Å². The van der Waals surface area contributed by atoms with Crippen LogP contribution in [0, 0.1) is 18.8 Å². The van der Waals surface area contributed by atoms with Gasteiger partial charge in [-0.1, -0.05) is 0 Å². The van der Waals surface area contributed by atoms with Crippen molar-refractivity contribution in [1.82, 2.24) is 39.2 Å². The molecule has 0 N–H and O–H groups in total. The Kier molecular flexibility index (Phi) is 6.84. The topological polar surface area (TPSA) is 112 Å². The molecule has 4 atom stereocenters. The lowest BCUT2D eigenvalue weighted by Gasteiger charge is -2.28. The predicted octanol–water partition coefficient (Wildman–Crippen LogP) is 3.07. The number of nitrogens with zero attached hydrogens (tertiary/aromatic N) is 10. The Labute approximate surface area is 273 Å². The molecule has 0 unspecified atom stereocenters. The third-order valence-corrected chi connectivity index (χ3v) is 10.7. The molecule has 0 amide bonds. The Morgan fingerprint density at radius 2 is 1.83 bits per heavy atom. The zero-order chi connectivity index (χ0) is 31.8. The first-order valence-corrected chi connectivity index (χ1v) is 16.5. The van der Waals surface area contributed by atoms with E-state index in [1.54, 1.807) is 26.6 Å². The van der Waals surface area contributed by atoms with Crippen LogP contribution >= 0.6 is 0 Å². The van der Waals surface area contributed by atoms with Gasteiger partial charge in [0.1, 0.15) is 11.3 Å². The van der Waals surface area contributed by atoms with Crippen LogP contribution in [0.15, 0.2) is 36.8 Å². The van der Waals surface area contributed by atoms with E-state index >= 15 is 0 Å². The lowest BCUT2D eigenvalue weighted by atomic mass is 10.0. The van der Waals surface area contributed by atoms with Crippen molar-refractivity contribution in [1.29, 1.82) is 0 Å². The normalized spacial score (nSPS) is 24.0. The van der Waals surface area contributed by atoms with Crippen LogP contribution in [0.4, 0.5) is 11.8 Å². The van der Waals surface area contributed by atoms with Crippen LogP contribution in [0.25, 0.3) is 39.0 Å². The fourth-order valence-electron chi connectivity index (χ4n) is 8.30. The third-order valence-electron chi connectivity index (χ3n) is 10.7. The van der Waals surface area contributed by atoms with Crippen LogP contribution in [0.2, 0.25) is 0 Å². The molecule has 47 heavy (non-hydrogen) atoms. The zero-order valence-electron chi connectivity index (χ0n) is 27.3. The summed E-state index contributed by atoms with van der Waals surface area (Å²) in [4.78, 5) is 27.4. The maximum Gasteiger partial charge on any atom is 0.206 e. The first-order chi connectivity index (χ1) is 23.0. The van der Waals surface area contributed by atoms with Gasteiger partial charge in [0, 0.05) is 83.0 Å². The highest BCUT2D eigenvalue weighted by Crippen LogP contribution is 2.40.